The van der Waals surface area contributed by atoms with Crippen LogP contribution in [0.15, 0.2) is 234 Å². The topological polar surface area (TPSA) is 39.1 Å². The van der Waals surface area contributed by atoms with Crippen molar-refractivity contribution in [3.05, 3.63) is 247 Å². The molecule has 3 nitrogen and oxygen atoms in total. The standard InChI is InChI=1S/C55H37NO2SSi/c57-59(58)52-31-17-15-29-49(52)55(47-27-13-10-24-43(47)44-25-11-14-28-48(44)55)50-37-36-46-45-26-12-16-30-51(45)56(53(46)54(50)59)38-32-34-42(35-33-38)60(39-18-4-1-5-19-39,40-20-6-2-7-21-40)41-22-8-3-9-23-41/h1-37H. The second-order valence-corrected chi connectivity index (χ2v) is 21.6. The SMILES string of the molecule is O=S1(=O)c2ccccc2C2(c3ccccc3-c3ccccc32)c2ccc3c4ccccc4n(-c4ccc([Si](c5ccccc5)(c5ccccc5)c5ccccc5)cc4)c3c21. The largest absolute Gasteiger partial charge is 0.308 e. The Bertz CT molecular complexity index is 3290. The molecule has 0 amide bonds. The monoisotopic (exact) mass is 803 g/mol. The molecule has 0 atom stereocenters. The zero-order valence-corrected chi connectivity index (χ0v) is 34.4. The summed E-state index contributed by atoms with van der Waals surface area (Å²) in [5.41, 5.74) is 7.79. The van der Waals surface area contributed by atoms with Crippen molar-refractivity contribution in [2.75, 3.05) is 0 Å². The average molecular weight is 804 g/mol. The molecule has 1 spiro atoms. The van der Waals surface area contributed by atoms with Crippen LogP contribution >= 0.6 is 0 Å². The maximum absolute atomic E-state index is 15.6. The van der Waals surface area contributed by atoms with Gasteiger partial charge in [0.05, 0.1) is 21.3 Å². The summed E-state index contributed by atoms with van der Waals surface area (Å²) in [4.78, 5) is 0.722. The number of nitrogens with zero attached hydrogens (tertiary/aromatic N) is 1. The maximum Gasteiger partial charge on any atom is 0.209 e. The van der Waals surface area contributed by atoms with Crippen molar-refractivity contribution in [1.29, 1.82) is 0 Å². The first-order chi connectivity index (χ1) is 29.6. The van der Waals surface area contributed by atoms with Crippen molar-refractivity contribution in [1.82, 2.24) is 4.57 Å². The first kappa shape index (κ1) is 34.9. The molecule has 2 aliphatic rings. The van der Waals surface area contributed by atoms with Gasteiger partial charge in [-0.2, -0.15) is 0 Å². The van der Waals surface area contributed by atoms with E-state index in [4.69, 9.17) is 0 Å². The Morgan fingerprint density at radius 3 is 1.43 bits per heavy atom. The van der Waals surface area contributed by atoms with E-state index in [1.165, 1.54) is 20.7 Å². The molecule has 0 radical (unpaired) electrons. The molecular formula is C55H37NO2SSi. The number of fused-ring (bicyclic) bond motifs is 13. The van der Waals surface area contributed by atoms with E-state index in [2.05, 4.69) is 193 Å². The summed E-state index contributed by atoms with van der Waals surface area (Å²) in [6, 6.07) is 79.1. The van der Waals surface area contributed by atoms with Gasteiger partial charge in [0.2, 0.25) is 9.84 Å². The highest BCUT2D eigenvalue weighted by atomic mass is 32.2. The summed E-state index contributed by atoms with van der Waals surface area (Å²) in [7, 11) is -6.82. The Balaban J connectivity index is 1.18. The second-order valence-electron chi connectivity index (χ2n) is 15.9. The smallest absolute Gasteiger partial charge is 0.209 e. The number of aromatic nitrogens is 1. The van der Waals surface area contributed by atoms with Gasteiger partial charge in [0.1, 0.15) is 4.90 Å². The fraction of sp³-hybridized carbons (Fsp3) is 0.0182. The average Bonchev–Trinajstić information content (AvgIpc) is 3.81. The van der Waals surface area contributed by atoms with E-state index in [-0.39, 0.29) is 0 Å². The van der Waals surface area contributed by atoms with Crippen LogP contribution in [0.25, 0.3) is 38.6 Å². The molecule has 9 aromatic carbocycles. The fourth-order valence-corrected chi connectivity index (χ4v) is 17.6. The third-order valence-electron chi connectivity index (χ3n) is 13.2. The Morgan fingerprint density at radius 2 is 0.850 bits per heavy atom. The number of hydrogen-bond acceptors (Lipinski definition) is 2. The van der Waals surface area contributed by atoms with E-state index < -0.39 is 23.3 Å². The van der Waals surface area contributed by atoms with Gasteiger partial charge in [-0.1, -0.05) is 200 Å². The van der Waals surface area contributed by atoms with E-state index in [0.29, 0.717) is 15.3 Å². The summed E-state index contributed by atoms with van der Waals surface area (Å²) < 4.78 is 33.4. The Labute approximate surface area is 350 Å². The number of benzene rings is 9. The molecule has 0 saturated heterocycles. The predicted molar refractivity (Wildman–Crippen MR) is 247 cm³/mol. The normalized spacial score (nSPS) is 14.4. The highest BCUT2D eigenvalue weighted by molar-refractivity contribution is 7.92. The number of hydrogen-bond donors (Lipinski definition) is 0. The molecule has 60 heavy (non-hydrogen) atoms. The number of sulfone groups is 1. The summed E-state index contributed by atoms with van der Waals surface area (Å²) in [5, 5.41) is 7.07. The Morgan fingerprint density at radius 1 is 0.383 bits per heavy atom. The van der Waals surface area contributed by atoms with Crippen LogP contribution in [0.1, 0.15) is 22.3 Å². The van der Waals surface area contributed by atoms with Gasteiger partial charge in [-0.05, 0) is 78.4 Å². The van der Waals surface area contributed by atoms with Gasteiger partial charge in [-0.25, -0.2) is 8.42 Å². The minimum absolute atomic E-state index is 0.355. The molecule has 284 valence electrons. The summed E-state index contributed by atoms with van der Waals surface area (Å²) in [6.45, 7) is 0. The van der Waals surface area contributed by atoms with Crippen molar-refractivity contribution >= 4 is 60.5 Å². The van der Waals surface area contributed by atoms with E-state index >= 15 is 8.42 Å². The molecular weight excluding hydrogens is 767 g/mol. The second kappa shape index (κ2) is 13.0. The lowest BCUT2D eigenvalue weighted by molar-refractivity contribution is 0.581. The van der Waals surface area contributed by atoms with Crippen molar-refractivity contribution in [3.8, 4) is 16.8 Å². The molecule has 0 saturated carbocycles. The third kappa shape index (κ3) is 4.51. The lowest BCUT2D eigenvalue weighted by Gasteiger charge is -2.40. The summed E-state index contributed by atoms with van der Waals surface area (Å²) >= 11 is 0. The zero-order chi connectivity index (χ0) is 40.1. The molecule has 1 aliphatic carbocycles. The van der Waals surface area contributed by atoms with Gasteiger partial charge >= 0.3 is 0 Å². The predicted octanol–water partition coefficient (Wildman–Crippen LogP) is 9.67. The van der Waals surface area contributed by atoms with Gasteiger partial charge in [0.15, 0.2) is 8.07 Å². The first-order valence-electron chi connectivity index (χ1n) is 20.4. The van der Waals surface area contributed by atoms with Gasteiger partial charge in [0.25, 0.3) is 0 Å². The van der Waals surface area contributed by atoms with Crippen molar-refractivity contribution in [2.45, 2.75) is 15.2 Å². The molecule has 10 aromatic rings. The first-order valence-corrected chi connectivity index (χ1v) is 23.9. The fourth-order valence-electron chi connectivity index (χ4n) is 10.9. The molecule has 0 N–H and O–H groups in total. The molecule has 2 heterocycles. The van der Waals surface area contributed by atoms with Crippen LogP contribution in [0.2, 0.25) is 0 Å². The van der Waals surface area contributed by atoms with E-state index in [1.54, 1.807) is 6.07 Å². The van der Waals surface area contributed by atoms with Crippen LogP contribution in [0, 0.1) is 0 Å². The van der Waals surface area contributed by atoms with Gasteiger partial charge < -0.3 is 4.57 Å². The number of para-hydroxylation sites is 1. The lowest BCUT2D eigenvalue weighted by atomic mass is 9.67. The van der Waals surface area contributed by atoms with Crippen LogP contribution in [-0.2, 0) is 15.3 Å². The van der Waals surface area contributed by atoms with E-state index in [9.17, 15) is 0 Å². The van der Waals surface area contributed by atoms with Gasteiger partial charge in [-0.15, -0.1) is 0 Å². The third-order valence-corrected chi connectivity index (χ3v) is 19.9. The highest BCUT2D eigenvalue weighted by Gasteiger charge is 2.54. The number of rotatable bonds is 5. The van der Waals surface area contributed by atoms with Crippen molar-refractivity contribution in [3.63, 3.8) is 0 Å². The highest BCUT2D eigenvalue weighted by Crippen LogP contribution is 2.61. The Hall–Kier alpha value is -7.05. The summed E-state index contributed by atoms with van der Waals surface area (Å²) in [6.07, 6.45) is 0. The lowest BCUT2D eigenvalue weighted by Crippen LogP contribution is -2.74. The van der Waals surface area contributed by atoms with Crippen LogP contribution < -0.4 is 20.7 Å². The zero-order valence-electron chi connectivity index (χ0n) is 32.5. The molecule has 5 heteroatoms. The minimum atomic E-state index is -4.03. The maximum atomic E-state index is 15.6. The molecule has 0 fully saturated rings. The molecule has 1 aliphatic heterocycles. The van der Waals surface area contributed by atoms with E-state index in [0.717, 1.165) is 55.4 Å². The van der Waals surface area contributed by atoms with Crippen LogP contribution in [0.3, 0.4) is 0 Å². The van der Waals surface area contributed by atoms with Crippen LogP contribution in [0.5, 0.6) is 0 Å². The molecule has 0 bridgehead atoms. The molecule has 12 rings (SSSR count). The van der Waals surface area contributed by atoms with Gasteiger partial charge in [0, 0.05) is 16.5 Å². The quantitative estimate of drug-likeness (QED) is 0.129. The van der Waals surface area contributed by atoms with Crippen LogP contribution in [0.4, 0.5) is 0 Å². The molecule has 0 unspecified atom stereocenters. The molecule has 1 aromatic heterocycles. The van der Waals surface area contributed by atoms with E-state index in [1.807, 2.05) is 30.3 Å². The van der Waals surface area contributed by atoms with Crippen molar-refractivity contribution in [2.24, 2.45) is 0 Å². The van der Waals surface area contributed by atoms with Crippen molar-refractivity contribution < 1.29 is 8.42 Å². The Kier molecular flexibility index (Phi) is 7.55. The van der Waals surface area contributed by atoms with Gasteiger partial charge in [-0.3, -0.25) is 0 Å². The van der Waals surface area contributed by atoms with Crippen LogP contribution in [-0.4, -0.2) is 21.1 Å². The summed E-state index contributed by atoms with van der Waals surface area (Å²) in [5.74, 6) is 0. The minimum Gasteiger partial charge on any atom is -0.308 e.